The maximum atomic E-state index is 12.1. The Morgan fingerprint density at radius 1 is 0.923 bits per heavy atom. The number of nitrogens with zero attached hydrogens (tertiary/aromatic N) is 1. The first-order valence-electron chi connectivity index (χ1n) is 9.36. The second-order valence-corrected chi connectivity index (χ2v) is 6.76. The fraction of sp³-hybridized carbons (Fsp3) is 0.261. The molecule has 0 unspecified atom stereocenters. The van der Waals surface area contributed by atoms with Crippen LogP contribution in [0, 0.1) is 0 Å². The van der Waals surface area contributed by atoms with Crippen LogP contribution in [0.4, 0.5) is 5.69 Å². The van der Waals surface area contributed by atoms with Crippen LogP contribution in [0.2, 0.25) is 0 Å². The van der Waals surface area contributed by atoms with Crippen molar-refractivity contribution in [1.82, 2.24) is 0 Å². The Kier molecular flexibility index (Phi) is 4.37. The van der Waals surface area contributed by atoms with E-state index in [0.717, 1.165) is 59.4 Å². The Bertz CT molecular complexity index is 973. The monoisotopic (exact) mass is 345 g/mol. The zero-order valence-electron chi connectivity index (χ0n) is 15.3. The molecule has 3 heteroatoms. The Labute approximate surface area is 153 Å². The van der Waals surface area contributed by atoms with E-state index in [1.54, 1.807) is 6.08 Å². The van der Waals surface area contributed by atoms with Gasteiger partial charge in [0, 0.05) is 40.9 Å². The standard InChI is InChI=1S/C23H23NO2/c1-3-14-24(15-4-2)17-10-8-16(9-11-17)23-19-12-13-20(25)18-6-5-7-21(26-23)22(18)19/h5-13H,3-4,14-15H2,1-2H3. The van der Waals surface area contributed by atoms with Crippen molar-refractivity contribution in [2.24, 2.45) is 0 Å². The van der Waals surface area contributed by atoms with Crippen molar-refractivity contribution in [3.63, 3.8) is 0 Å². The van der Waals surface area contributed by atoms with Gasteiger partial charge in [-0.05, 0) is 55.3 Å². The van der Waals surface area contributed by atoms with E-state index in [-0.39, 0.29) is 5.78 Å². The van der Waals surface area contributed by atoms with Crippen molar-refractivity contribution in [3.05, 3.63) is 59.7 Å². The van der Waals surface area contributed by atoms with Crippen LogP contribution < -0.4 is 4.90 Å². The zero-order chi connectivity index (χ0) is 18.1. The summed E-state index contributed by atoms with van der Waals surface area (Å²) in [6.45, 7) is 6.55. The molecule has 0 aliphatic heterocycles. The first-order valence-corrected chi connectivity index (χ1v) is 9.36. The van der Waals surface area contributed by atoms with Crippen molar-refractivity contribution in [3.8, 4) is 11.3 Å². The number of hydrogen-bond acceptors (Lipinski definition) is 3. The highest BCUT2D eigenvalue weighted by molar-refractivity contribution is 6.20. The molecular formula is C23H23NO2. The first kappa shape index (κ1) is 16.6. The van der Waals surface area contributed by atoms with Crippen molar-refractivity contribution >= 4 is 28.5 Å². The molecule has 3 aromatic rings. The van der Waals surface area contributed by atoms with Crippen LogP contribution in [0.3, 0.4) is 0 Å². The third-order valence-electron chi connectivity index (χ3n) is 4.90. The number of carbonyl (C=O) groups excluding carboxylic acids is 1. The number of rotatable bonds is 6. The van der Waals surface area contributed by atoms with Crippen molar-refractivity contribution < 1.29 is 9.21 Å². The topological polar surface area (TPSA) is 33.5 Å². The van der Waals surface area contributed by atoms with Crippen molar-refractivity contribution in [2.45, 2.75) is 26.7 Å². The third-order valence-corrected chi connectivity index (χ3v) is 4.90. The van der Waals surface area contributed by atoms with Gasteiger partial charge in [-0.25, -0.2) is 0 Å². The van der Waals surface area contributed by atoms with Gasteiger partial charge < -0.3 is 9.32 Å². The highest BCUT2D eigenvalue weighted by Crippen LogP contribution is 2.39. The predicted molar refractivity (Wildman–Crippen MR) is 108 cm³/mol. The maximum absolute atomic E-state index is 12.1. The molecule has 0 spiro atoms. The maximum Gasteiger partial charge on any atom is 0.186 e. The average Bonchev–Trinajstić information content (AvgIpc) is 3.05. The van der Waals surface area contributed by atoms with E-state index in [1.807, 2.05) is 24.3 Å². The summed E-state index contributed by atoms with van der Waals surface area (Å²) in [5, 5.41) is 0.928. The number of carbonyl (C=O) groups is 1. The highest BCUT2D eigenvalue weighted by atomic mass is 16.3. The van der Waals surface area contributed by atoms with Gasteiger partial charge >= 0.3 is 0 Å². The Morgan fingerprint density at radius 2 is 1.65 bits per heavy atom. The van der Waals surface area contributed by atoms with Gasteiger partial charge in [0.1, 0.15) is 11.3 Å². The molecule has 0 fully saturated rings. The summed E-state index contributed by atoms with van der Waals surface area (Å²) >= 11 is 0. The molecule has 0 saturated carbocycles. The summed E-state index contributed by atoms with van der Waals surface area (Å²) in [5.74, 6) is 0.876. The molecule has 0 atom stereocenters. The van der Waals surface area contributed by atoms with Crippen LogP contribution in [0.25, 0.3) is 28.4 Å². The van der Waals surface area contributed by atoms with E-state index in [2.05, 4.69) is 43.0 Å². The Balaban J connectivity index is 1.75. The fourth-order valence-corrected chi connectivity index (χ4v) is 3.73. The normalized spacial score (nSPS) is 12.8. The van der Waals surface area contributed by atoms with E-state index in [4.69, 9.17) is 4.42 Å². The molecule has 1 aliphatic carbocycles. The number of allylic oxidation sites excluding steroid dienone is 1. The molecule has 3 nitrogen and oxygen atoms in total. The molecule has 1 aliphatic rings. The summed E-state index contributed by atoms with van der Waals surface area (Å²) in [4.78, 5) is 14.5. The smallest absolute Gasteiger partial charge is 0.186 e. The fourth-order valence-electron chi connectivity index (χ4n) is 3.73. The predicted octanol–water partition coefficient (Wildman–Crippen LogP) is 5.94. The van der Waals surface area contributed by atoms with Crippen LogP contribution in [0.1, 0.15) is 42.6 Å². The molecule has 0 amide bonds. The van der Waals surface area contributed by atoms with Gasteiger partial charge in [0.15, 0.2) is 5.78 Å². The molecule has 2 aromatic carbocycles. The van der Waals surface area contributed by atoms with Gasteiger partial charge in [-0.3, -0.25) is 4.79 Å². The minimum atomic E-state index is 0.0422. The zero-order valence-corrected chi connectivity index (χ0v) is 15.3. The summed E-state index contributed by atoms with van der Waals surface area (Å²) in [5.41, 5.74) is 4.78. The first-order chi connectivity index (χ1) is 12.7. The van der Waals surface area contributed by atoms with Crippen LogP contribution in [0.15, 0.2) is 53.0 Å². The van der Waals surface area contributed by atoms with Gasteiger partial charge in [0.25, 0.3) is 0 Å². The number of ketones is 1. The van der Waals surface area contributed by atoms with E-state index >= 15 is 0 Å². The number of furan rings is 1. The van der Waals surface area contributed by atoms with Crippen molar-refractivity contribution in [2.75, 3.05) is 18.0 Å². The lowest BCUT2D eigenvalue weighted by atomic mass is 9.94. The number of benzene rings is 2. The van der Waals surface area contributed by atoms with Crippen LogP contribution in [0.5, 0.6) is 0 Å². The van der Waals surface area contributed by atoms with Crippen LogP contribution in [-0.2, 0) is 0 Å². The summed E-state index contributed by atoms with van der Waals surface area (Å²) in [6.07, 6.45) is 5.79. The van der Waals surface area contributed by atoms with Crippen LogP contribution >= 0.6 is 0 Å². The van der Waals surface area contributed by atoms with Gasteiger partial charge in [0.05, 0.1) is 0 Å². The molecule has 1 aromatic heterocycles. The molecule has 0 bridgehead atoms. The highest BCUT2D eigenvalue weighted by Gasteiger charge is 2.22. The van der Waals surface area contributed by atoms with Gasteiger partial charge in [0.2, 0.25) is 0 Å². The molecule has 0 radical (unpaired) electrons. The molecule has 0 N–H and O–H groups in total. The minimum Gasteiger partial charge on any atom is -0.455 e. The quantitative estimate of drug-likeness (QED) is 0.555. The molecule has 0 saturated heterocycles. The Hall–Kier alpha value is -2.81. The average molecular weight is 345 g/mol. The second kappa shape index (κ2) is 6.83. The van der Waals surface area contributed by atoms with Crippen LogP contribution in [-0.4, -0.2) is 18.9 Å². The summed E-state index contributed by atoms with van der Waals surface area (Å²) < 4.78 is 6.12. The van der Waals surface area contributed by atoms with E-state index < -0.39 is 0 Å². The van der Waals surface area contributed by atoms with E-state index in [0.29, 0.717) is 0 Å². The van der Waals surface area contributed by atoms with Gasteiger partial charge in [-0.1, -0.05) is 26.0 Å². The molecule has 4 rings (SSSR count). The lowest BCUT2D eigenvalue weighted by molar-refractivity contribution is 0.104. The minimum absolute atomic E-state index is 0.0422. The lowest BCUT2D eigenvalue weighted by Gasteiger charge is -2.23. The lowest BCUT2D eigenvalue weighted by Crippen LogP contribution is -2.24. The third kappa shape index (κ3) is 2.74. The molecule has 26 heavy (non-hydrogen) atoms. The molecule has 132 valence electrons. The largest absolute Gasteiger partial charge is 0.455 e. The number of hydrogen-bond donors (Lipinski definition) is 0. The second-order valence-electron chi connectivity index (χ2n) is 6.76. The van der Waals surface area contributed by atoms with E-state index in [9.17, 15) is 4.79 Å². The summed E-state index contributed by atoms with van der Waals surface area (Å²) in [6, 6.07) is 14.2. The van der Waals surface area contributed by atoms with Gasteiger partial charge in [-0.2, -0.15) is 0 Å². The van der Waals surface area contributed by atoms with Crippen molar-refractivity contribution in [1.29, 1.82) is 0 Å². The van der Waals surface area contributed by atoms with E-state index in [1.165, 1.54) is 5.69 Å². The molecule has 1 heterocycles. The number of anilines is 1. The molecular weight excluding hydrogens is 322 g/mol. The Morgan fingerprint density at radius 3 is 2.35 bits per heavy atom. The van der Waals surface area contributed by atoms with Gasteiger partial charge in [-0.15, -0.1) is 0 Å². The SMILES string of the molecule is CCCN(CCC)c1ccc(-c2oc3cccc4c3c2C=CC4=O)cc1. The summed E-state index contributed by atoms with van der Waals surface area (Å²) in [7, 11) is 0.